The van der Waals surface area contributed by atoms with Crippen LogP contribution in [0.5, 0.6) is 0 Å². The van der Waals surface area contributed by atoms with Crippen LogP contribution in [-0.4, -0.2) is 16.4 Å². The van der Waals surface area contributed by atoms with Crippen molar-refractivity contribution in [3.05, 3.63) is 21.1 Å². The van der Waals surface area contributed by atoms with E-state index in [0.717, 1.165) is 0 Å². The molecule has 3 nitrogen and oxygen atoms in total. The first-order valence-electron chi connectivity index (χ1n) is 4.04. The number of nitrogens with zero attached hydrogens (tertiary/aromatic N) is 1. The molecular weight excluding hydrogens is 266 g/mol. The van der Waals surface area contributed by atoms with Crippen molar-refractivity contribution < 1.29 is 9.53 Å². The molecular formula is C9H8BrNO2S. The first-order chi connectivity index (χ1) is 6.52. The molecule has 74 valence electrons. The number of ether oxygens (including phenoxy) is 1. The predicted octanol–water partition coefficient (Wildman–Crippen LogP) is 2.58. The number of Topliss-reactive ketones (excluding diaryl/α,β-unsaturated/α-hetero) is 1. The molecule has 0 fully saturated rings. The van der Waals surface area contributed by atoms with Gasteiger partial charge in [-0.15, -0.1) is 11.3 Å². The molecule has 0 aromatic carbocycles. The first-order valence-corrected chi connectivity index (χ1v) is 5.78. The van der Waals surface area contributed by atoms with Crippen LogP contribution < -0.4 is 0 Å². The molecule has 0 saturated carbocycles. The van der Waals surface area contributed by atoms with E-state index in [1.165, 1.54) is 11.3 Å². The summed E-state index contributed by atoms with van der Waals surface area (Å²) in [6, 6.07) is 0. The van der Waals surface area contributed by atoms with Gasteiger partial charge in [-0.1, -0.05) is 0 Å². The lowest BCUT2D eigenvalue weighted by atomic mass is 10.1. The van der Waals surface area contributed by atoms with Crippen molar-refractivity contribution in [2.45, 2.75) is 19.4 Å². The Morgan fingerprint density at radius 1 is 1.57 bits per heavy atom. The van der Waals surface area contributed by atoms with E-state index in [2.05, 4.69) is 20.9 Å². The van der Waals surface area contributed by atoms with E-state index in [1.807, 2.05) is 5.38 Å². The highest BCUT2D eigenvalue weighted by Crippen LogP contribution is 2.38. The summed E-state index contributed by atoms with van der Waals surface area (Å²) in [5, 5.41) is 1.85. The second-order valence-electron chi connectivity index (χ2n) is 3.46. The van der Waals surface area contributed by atoms with E-state index >= 15 is 0 Å². The summed E-state index contributed by atoms with van der Waals surface area (Å²) in [6.45, 7) is 3.49. The fourth-order valence-corrected chi connectivity index (χ4v) is 2.50. The molecule has 1 aliphatic heterocycles. The lowest BCUT2D eigenvalue weighted by molar-refractivity contribution is -0.125. The average molecular weight is 274 g/mol. The summed E-state index contributed by atoms with van der Waals surface area (Å²) >= 11 is 4.71. The number of carbonyl (C=O) groups is 1. The first kappa shape index (κ1) is 9.86. The van der Waals surface area contributed by atoms with Gasteiger partial charge >= 0.3 is 0 Å². The normalized spacial score (nSPS) is 20.1. The minimum atomic E-state index is -0.780. The molecule has 0 N–H and O–H groups in total. The van der Waals surface area contributed by atoms with Crippen molar-refractivity contribution in [1.29, 1.82) is 0 Å². The Hall–Kier alpha value is -0.680. The topological polar surface area (TPSA) is 39.2 Å². The molecule has 1 aromatic heterocycles. The summed E-state index contributed by atoms with van der Waals surface area (Å²) in [5.74, 6) is 0.502. The van der Waals surface area contributed by atoms with Gasteiger partial charge in [0.05, 0.1) is 5.51 Å². The zero-order valence-corrected chi connectivity index (χ0v) is 10.1. The number of hydrogen-bond donors (Lipinski definition) is 0. The third kappa shape index (κ3) is 1.40. The van der Waals surface area contributed by atoms with Crippen molar-refractivity contribution in [3.63, 3.8) is 0 Å². The molecule has 0 amide bonds. The van der Waals surface area contributed by atoms with E-state index in [1.54, 1.807) is 19.4 Å². The van der Waals surface area contributed by atoms with Crippen molar-refractivity contribution >= 4 is 38.8 Å². The Labute approximate surface area is 93.9 Å². The van der Waals surface area contributed by atoms with Crippen LogP contribution in [-0.2, 0) is 9.53 Å². The van der Waals surface area contributed by atoms with Gasteiger partial charge in [0.2, 0.25) is 5.78 Å². The SMILES string of the molecule is CC1(C)OC(c2cscn2)=C(Br)C1=O. The summed E-state index contributed by atoms with van der Waals surface area (Å²) < 4.78 is 6.03. The van der Waals surface area contributed by atoms with Crippen molar-refractivity contribution in [2.75, 3.05) is 0 Å². The molecule has 14 heavy (non-hydrogen) atoms. The second-order valence-corrected chi connectivity index (χ2v) is 4.97. The predicted molar refractivity (Wildman–Crippen MR) is 58.1 cm³/mol. The largest absolute Gasteiger partial charge is 0.476 e. The monoisotopic (exact) mass is 273 g/mol. The third-order valence-corrected chi connectivity index (χ3v) is 3.27. The zero-order chi connectivity index (χ0) is 10.3. The number of hydrogen-bond acceptors (Lipinski definition) is 4. The molecule has 0 spiro atoms. The van der Waals surface area contributed by atoms with E-state index in [9.17, 15) is 4.79 Å². The van der Waals surface area contributed by atoms with Gasteiger partial charge in [0.25, 0.3) is 0 Å². The number of carbonyl (C=O) groups excluding carboxylic acids is 1. The molecule has 0 atom stereocenters. The number of aromatic nitrogens is 1. The Balaban J connectivity index is 2.44. The van der Waals surface area contributed by atoms with Gasteiger partial charge in [-0.2, -0.15) is 0 Å². The maximum absolute atomic E-state index is 11.7. The van der Waals surface area contributed by atoms with Crippen LogP contribution in [0.3, 0.4) is 0 Å². The minimum Gasteiger partial charge on any atom is -0.476 e. The minimum absolute atomic E-state index is 0.0412. The number of rotatable bonds is 1. The van der Waals surface area contributed by atoms with Crippen LogP contribution in [0.15, 0.2) is 15.4 Å². The van der Waals surface area contributed by atoms with E-state index < -0.39 is 5.60 Å². The number of ketones is 1. The summed E-state index contributed by atoms with van der Waals surface area (Å²) in [7, 11) is 0. The van der Waals surface area contributed by atoms with Crippen molar-refractivity contribution in [2.24, 2.45) is 0 Å². The fourth-order valence-electron chi connectivity index (χ4n) is 1.20. The van der Waals surface area contributed by atoms with Gasteiger partial charge in [0, 0.05) is 5.38 Å². The summed E-state index contributed by atoms with van der Waals surface area (Å²) in [6.07, 6.45) is 0. The van der Waals surface area contributed by atoms with Crippen molar-refractivity contribution in [1.82, 2.24) is 4.98 Å². The lowest BCUT2D eigenvalue weighted by Gasteiger charge is -2.16. The van der Waals surface area contributed by atoms with Crippen molar-refractivity contribution in [3.8, 4) is 0 Å². The molecule has 2 rings (SSSR count). The molecule has 0 aliphatic carbocycles. The van der Waals surface area contributed by atoms with E-state index in [-0.39, 0.29) is 5.78 Å². The Morgan fingerprint density at radius 2 is 2.29 bits per heavy atom. The maximum Gasteiger partial charge on any atom is 0.216 e. The zero-order valence-electron chi connectivity index (χ0n) is 7.70. The Kier molecular flexibility index (Phi) is 2.23. The second kappa shape index (κ2) is 3.17. The van der Waals surface area contributed by atoms with Crippen LogP contribution in [0.1, 0.15) is 19.5 Å². The molecule has 5 heteroatoms. The molecule has 1 aromatic rings. The average Bonchev–Trinajstić information content (AvgIpc) is 2.69. The summed E-state index contributed by atoms with van der Waals surface area (Å²) in [5.41, 5.74) is 1.64. The lowest BCUT2D eigenvalue weighted by Crippen LogP contribution is -2.28. The fraction of sp³-hybridized carbons (Fsp3) is 0.333. The van der Waals surface area contributed by atoms with Gasteiger partial charge in [0.15, 0.2) is 11.4 Å². The molecule has 0 saturated heterocycles. The number of halogens is 1. The number of thiazole rings is 1. The van der Waals surface area contributed by atoms with Gasteiger partial charge < -0.3 is 4.74 Å². The van der Waals surface area contributed by atoms with E-state index in [4.69, 9.17) is 4.74 Å². The van der Waals surface area contributed by atoms with Crippen LogP contribution in [0.25, 0.3) is 5.76 Å². The molecule has 2 heterocycles. The Morgan fingerprint density at radius 3 is 2.71 bits per heavy atom. The van der Waals surface area contributed by atoms with Gasteiger partial charge in [-0.25, -0.2) is 4.98 Å². The molecule has 0 unspecified atom stereocenters. The molecule has 1 aliphatic rings. The molecule has 0 radical (unpaired) electrons. The Bertz CT molecular complexity index is 408. The van der Waals surface area contributed by atoms with Crippen LogP contribution in [0.4, 0.5) is 0 Å². The molecule has 0 bridgehead atoms. The maximum atomic E-state index is 11.7. The third-order valence-electron chi connectivity index (χ3n) is 1.97. The highest BCUT2D eigenvalue weighted by molar-refractivity contribution is 9.12. The van der Waals surface area contributed by atoms with Crippen LogP contribution in [0, 0.1) is 0 Å². The standard InChI is InChI=1S/C9H8BrNO2S/c1-9(2)8(12)6(10)7(13-9)5-3-14-4-11-5/h3-4H,1-2H3. The van der Waals surface area contributed by atoms with Crippen LogP contribution in [0.2, 0.25) is 0 Å². The van der Waals surface area contributed by atoms with E-state index in [0.29, 0.717) is 15.9 Å². The van der Waals surface area contributed by atoms with Gasteiger partial charge in [-0.3, -0.25) is 4.79 Å². The smallest absolute Gasteiger partial charge is 0.216 e. The quantitative estimate of drug-likeness (QED) is 0.790. The van der Waals surface area contributed by atoms with Gasteiger partial charge in [0.1, 0.15) is 10.2 Å². The van der Waals surface area contributed by atoms with Crippen LogP contribution >= 0.6 is 27.3 Å². The highest BCUT2D eigenvalue weighted by atomic mass is 79.9. The van der Waals surface area contributed by atoms with Gasteiger partial charge in [-0.05, 0) is 29.8 Å². The summed E-state index contributed by atoms with van der Waals surface area (Å²) in [4.78, 5) is 15.8. The highest BCUT2D eigenvalue weighted by Gasteiger charge is 2.41.